The molecular formula is C14H22N4O3. The Kier molecular flexibility index (Phi) is 4.62. The fourth-order valence-electron chi connectivity index (χ4n) is 2.82. The Bertz CT molecular complexity index is 517. The van der Waals surface area contributed by atoms with Crippen molar-refractivity contribution < 1.29 is 9.66 Å². The van der Waals surface area contributed by atoms with Crippen LogP contribution in [0.25, 0.3) is 0 Å². The number of hydrogen-bond acceptors (Lipinski definition) is 6. The van der Waals surface area contributed by atoms with Crippen molar-refractivity contribution in [3.05, 3.63) is 22.2 Å². The van der Waals surface area contributed by atoms with Gasteiger partial charge in [0.1, 0.15) is 11.6 Å². The van der Waals surface area contributed by atoms with Gasteiger partial charge in [-0.1, -0.05) is 13.8 Å². The van der Waals surface area contributed by atoms with Crippen LogP contribution in [0.15, 0.2) is 12.1 Å². The summed E-state index contributed by atoms with van der Waals surface area (Å²) in [6.07, 6.45) is 3.62. The van der Waals surface area contributed by atoms with Gasteiger partial charge >= 0.3 is 0 Å². The van der Waals surface area contributed by atoms with E-state index in [9.17, 15) is 10.1 Å². The Balaban J connectivity index is 2.12. The molecule has 0 spiro atoms. The van der Waals surface area contributed by atoms with E-state index in [0.29, 0.717) is 12.4 Å². The smallest absolute Gasteiger partial charge is 0.276 e. The Labute approximate surface area is 124 Å². The van der Waals surface area contributed by atoms with E-state index in [1.54, 1.807) is 0 Å². The first-order valence-corrected chi connectivity index (χ1v) is 7.30. The van der Waals surface area contributed by atoms with Crippen LogP contribution in [0.2, 0.25) is 0 Å². The molecule has 0 radical (unpaired) electrons. The highest BCUT2D eigenvalue weighted by atomic mass is 16.6. The van der Waals surface area contributed by atoms with Gasteiger partial charge in [-0.2, -0.15) is 0 Å². The normalized spacial score (nSPS) is 21.0. The van der Waals surface area contributed by atoms with Gasteiger partial charge in [0.15, 0.2) is 0 Å². The first-order valence-electron chi connectivity index (χ1n) is 7.30. The third-order valence-corrected chi connectivity index (χ3v) is 4.17. The molecule has 0 amide bonds. The molecule has 0 saturated carbocycles. The van der Waals surface area contributed by atoms with Crippen LogP contribution in [-0.4, -0.2) is 28.2 Å². The number of hydrogen-bond donors (Lipinski definition) is 2. The van der Waals surface area contributed by atoms with Crippen LogP contribution in [0.1, 0.15) is 39.5 Å². The lowest BCUT2D eigenvalue weighted by Gasteiger charge is -2.40. The predicted molar refractivity (Wildman–Crippen MR) is 81.2 cm³/mol. The summed E-state index contributed by atoms with van der Waals surface area (Å²) < 4.78 is 5.92. The van der Waals surface area contributed by atoms with Gasteiger partial charge in [-0.05, 0) is 25.7 Å². The summed E-state index contributed by atoms with van der Waals surface area (Å²) in [5.74, 6) is 0.603. The minimum absolute atomic E-state index is 0.0469. The molecule has 1 aromatic rings. The van der Waals surface area contributed by atoms with Crippen molar-refractivity contribution in [1.29, 1.82) is 0 Å². The quantitative estimate of drug-likeness (QED) is 0.639. The third kappa shape index (κ3) is 3.60. The second-order valence-corrected chi connectivity index (χ2v) is 5.47. The minimum atomic E-state index is -0.463. The number of pyridine rings is 1. The Morgan fingerprint density at radius 3 is 2.86 bits per heavy atom. The molecule has 1 saturated heterocycles. The van der Waals surface area contributed by atoms with Crippen molar-refractivity contribution in [3.63, 3.8) is 0 Å². The molecule has 1 aromatic heterocycles. The number of nitrogen functional groups attached to an aromatic ring is 1. The van der Waals surface area contributed by atoms with Crippen LogP contribution in [0.4, 0.5) is 17.3 Å². The van der Waals surface area contributed by atoms with Crippen molar-refractivity contribution in [2.75, 3.05) is 17.7 Å². The maximum absolute atomic E-state index is 10.9. The molecule has 1 atom stereocenters. The molecule has 0 aliphatic carbocycles. The van der Waals surface area contributed by atoms with Crippen LogP contribution in [0, 0.1) is 10.1 Å². The standard InChI is InChI=1S/C14H22N4O3/c1-3-14(4-2)9-10(5-6-21-14)16-13-8-11(18(19)20)7-12(15)17-13/h7-8,10H,3-6,9H2,1-2H3,(H3,15,16,17). The number of ether oxygens (including phenoxy) is 1. The van der Waals surface area contributed by atoms with E-state index in [1.165, 1.54) is 12.1 Å². The van der Waals surface area contributed by atoms with E-state index in [-0.39, 0.29) is 23.1 Å². The molecule has 3 N–H and O–H groups in total. The van der Waals surface area contributed by atoms with E-state index in [0.717, 1.165) is 25.7 Å². The molecule has 1 fully saturated rings. The van der Waals surface area contributed by atoms with Crippen molar-refractivity contribution in [3.8, 4) is 0 Å². The second-order valence-electron chi connectivity index (χ2n) is 5.47. The Hall–Kier alpha value is -1.89. The molecule has 2 rings (SSSR count). The van der Waals surface area contributed by atoms with Crippen molar-refractivity contribution in [1.82, 2.24) is 4.98 Å². The largest absolute Gasteiger partial charge is 0.383 e. The van der Waals surface area contributed by atoms with Crippen LogP contribution in [-0.2, 0) is 4.74 Å². The molecule has 0 aromatic carbocycles. The van der Waals surface area contributed by atoms with Crippen LogP contribution >= 0.6 is 0 Å². The van der Waals surface area contributed by atoms with Gasteiger partial charge in [-0.3, -0.25) is 10.1 Å². The lowest BCUT2D eigenvalue weighted by atomic mass is 9.86. The van der Waals surface area contributed by atoms with Gasteiger partial charge in [0.05, 0.1) is 22.7 Å². The van der Waals surface area contributed by atoms with Gasteiger partial charge in [0, 0.05) is 12.6 Å². The number of nitro groups is 1. The molecule has 7 nitrogen and oxygen atoms in total. The summed E-state index contributed by atoms with van der Waals surface area (Å²) in [7, 11) is 0. The molecular weight excluding hydrogens is 272 g/mol. The zero-order chi connectivity index (χ0) is 15.5. The highest BCUT2D eigenvalue weighted by molar-refractivity contribution is 5.53. The number of rotatable bonds is 5. The lowest BCUT2D eigenvalue weighted by Crippen LogP contribution is -2.43. The maximum Gasteiger partial charge on any atom is 0.276 e. The Morgan fingerprint density at radius 1 is 1.52 bits per heavy atom. The SMILES string of the molecule is CCC1(CC)CC(Nc2cc([N+](=O)[O-])cc(N)n2)CCO1. The number of nitrogens with two attached hydrogens (primary N) is 1. The second kappa shape index (κ2) is 6.26. The van der Waals surface area contributed by atoms with Crippen molar-refractivity contribution in [2.24, 2.45) is 0 Å². The summed E-state index contributed by atoms with van der Waals surface area (Å²) in [4.78, 5) is 14.5. The van der Waals surface area contributed by atoms with Crippen LogP contribution in [0.5, 0.6) is 0 Å². The monoisotopic (exact) mass is 294 g/mol. The van der Waals surface area contributed by atoms with Crippen molar-refractivity contribution in [2.45, 2.75) is 51.2 Å². The zero-order valence-corrected chi connectivity index (χ0v) is 12.5. The van der Waals surface area contributed by atoms with Crippen molar-refractivity contribution >= 4 is 17.3 Å². The van der Waals surface area contributed by atoms with E-state index in [1.807, 2.05) is 0 Å². The number of anilines is 2. The van der Waals surface area contributed by atoms with Crippen LogP contribution < -0.4 is 11.1 Å². The molecule has 7 heteroatoms. The first-order chi connectivity index (χ1) is 9.98. The predicted octanol–water partition coefficient (Wildman–Crippen LogP) is 2.72. The average molecular weight is 294 g/mol. The fourth-order valence-corrected chi connectivity index (χ4v) is 2.82. The van der Waals surface area contributed by atoms with Gasteiger partial charge in [0.2, 0.25) is 0 Å². The van der Waals surface area contributed by atoms with Gasteiger partial charge < -0.3 is 15.8 Å². The van der Waals surface area contributed by atoms with E-state index >= 15 is 0 Å². The minimum Gasteiger partial charge on any atom is -0.383 e. The number of nitrogens with zero attached hydrogens (tertiary/aromatic N) is 2. The first kappa shape index (κ1) is 15.5. The van der Waals surface area contributed by atoms with Gasteiger partial charge in [-0.25, -0.2) is 4.98 Å². The number of nitrogens with one attached hydrogen (secondary N) is 1. The highest BCUT2D eigenvalue weighted by Gasteiger charge is 2.34. The summed E-state index contributed by atoms with van der Waals surface area (Å²) in [6, 6.07) is 2.87. The van der Waals surface area contributed by atoms with E-state index < -0.39 is 4.92 Å². The summed E-state index contributed by atoms with van der Waals surface area (Å²) in [5.41, 5.74) is 5.47. The summed E-state index contributed by atoms with van der Waals surface area (Å²) >= 11 is 0. The van der Waals surface area contributed by atoms with Gasteiger partial charge in [0.25, 0.3) is 5.69 Å². The maximum atomic E-state index is 10.9. The third-order valence-electron chi connectivity index (χ3n) is 4.17. The lowest BCUT2D eigenvalue weighted by molar-refractivity contribution is -0.384. The van der Waals surface area contributed by atoms with Crippen LogP contribution in [0.3, 0.4) is 0 Å². The summed E-state index contributed by atoms with van der Waals surface area (Å²) in [5, 5.41) is 14.1. The zero-order valence-electron chi connectivity index (χ0n) is 12.5. The fraction of sp³-hybridized carbons (Fsp3) is 0.643. The molecule has 116 valence electrons. The molecule has 1 unspecified atom stereocenters. The highest BCUT2D eigenvalue weighted by Crippen LogP contribution is 2.33. The van der Waals surface area contributed by atoms with Gasteiger partial charge in [-0.15, -0.1) is 0 Å². The molecule has 1 aliphatic rings. The van der Waals surface area contributed by atoms with E-state index in [4.69, 9.17) is 10.5 Å². The Morgan fingerprint density at radius 2 is 2.24 bits per heavy atom. The summed E-state index contributed by atoms with van der Waals surface area (Å²) in [6.45, 7) is 4.93. The molecule has 0 bridgehead atoms. The van der Waals surface area contributed by atoms with E-state index in [2.05, 4.69) is 24.1 Å². The molecule has 2 heterocycles. The molecule has 1 aliphatic heterocycles. The molecule has 21 heavy (non-hydrogen) atoms. The topological polar surface area (TPSA) is 103 Å². The average Bonchev–Trinajstić information content (AvgIpc) is 2.46. The number of aromatic nitrogens is 1.